The molecule has 0 amide bonds. The van der Waals surface area contributed by atoms with Crippen LogP contribution in [0.3, 0.4) is 0 Å². The van der Waals surface area contributed by atoms with E-state index >= 15 is 0 Å². The molecule has 1 aliphatic carbocycles. The molecule has 0 unspecified atom stereocenters. The van der Waals surface area contributed by atoms with Crippen LogP contribution in [-0.4, -0.2) is 19.7 Å². The fourth-order valence-corrected chi connectivity index (χ4v) is 1.61. The van der Waals surface area contributed by atoms with Crippen molar-refractivity contribution in [2.24, 2.45) is 0 Å². The Hall–Kier alpha value is -2.15. The number of imidazole rings is 1. The minimum atomic E-state index is 0.631. The van der Waals surface area contributed by atoms with Crippen molar-refractivity contribution in [2.75, 3.05) is 0 Å². The third-order valence-electron chi connectivity index (χ3n) is 2.72. The first-order valence-electron chi connectivity index (χ1n) is 5.70. The molecule has 0 bridgehead atoms. The molecule has 0 spiro atoms. The summed E-state index contributed by atoms with van der Waals surface area (Å²) in [5.41, 5.74) is 1.83. The van der Waals surface area contributed by atoms with Gasteiger partial charge in [-0.2, -0.15) is 5.10 Å². The van der Waals surface area contributed by atoms with E-state index in [0.29, 0.717) is 12.5 Å². The number of rotatable bonds is 2. The Bertz CT molecular complexity index is 541. The van der Waals surface area contributed by atoms with Crippen LogP contribution in [0, 0.1) is 11.8 Å². The molecule has 1 fully saturated rings. The Kier molecular flexibility index (Phi) is 2.59. The largest absolute Gasteiger partial charge is 0.326 e. The van der Waals surface area contributed by atoms with Crippen LogP contribution in [0.4, 0.5) is 0 Å². The molecule has 4 nitrogen and oxygen atoms in total. The van der Waals surface area contributed by atoms with Crippen molar-refractivity contribution in [1.82, 2.24) is 19.7 Å². The van der Waals surface area contributed by atoms with Gasteiger partial charge in [-0.15, -0.1) is 5.10 Å². The van der Waals surface area contributed by atoms with E-state index in [0.717, 1.165) is 11.4 Å². The van der Waals surface area contributed by atoms with Gasteiger partial charge in [-0.1, -0.05) is 5.92 Å². The maximum absolute atomic E-state index is 4.18. The van der Waals surface area contributed by atoms with Gasteiger partial charge in [0, 0.05) is 18.3 Å². The first-order chi connectivity index (χ1) is 8.42. The maximum Gasteiger partial charge on any atom is 0.135 e. The third-order valence-corrected chi connectivity index (χ3v) is 2.72. The summed E-state index contributed by atoms with van der Waals surface area (Å²) in [7, 11) is 0. The van der Waals surface area contributed by atoms with E-state index in [1.54, 1.807) is 12.5 Å². The molecule has 1 saturated carbocycles. The summed E-state index contributed by atoms with van der Waals surface area (Å²) in [6, 6.07) is 3.98. The molecule has 0 N–H and O–H groups in total. The van der Waals surface area contributed by atoms with E-state index in [9.17, 15) is 0 Å². The standard InChI is InChI=1S/C13H12N4/c1(8-17-9-7-14-10-17)2-12-5-6-13(16-15-12)11-3-4-11/h5-7,9-11H,3-4,8H2. The van der Waals surface area contributed by atoms with Gasteiger partial charge < -0.3 is 4.57 Å². The van der Waals surface area contributed by atoms with Crippen LogP contribution in [0.1, 0.15) is 30.1 Å². The van der Waals surface area contributed by atoms with Gasteiger partial charge >= 0.3 is 0 Å². The van der Waals surface area contributed by atoms with Crippen LogP contribution in [-0.2, 0) is 6.54 Å². The van der Waals surface area contributed by atoms with Crippen molar-refractivity contribution in [1.29, 1.82) is 0 Å². The lowest BCUT2D eigenvalue weighted by Crippen LogP contribution is -1.94. The van der Waals surface area contributed by atoms with Crippen LogP contribution in [0.5, 0.6) is 0 Å². The fourth-order valence-electron chi connectivity index (χ4n) is 1.61. The molecule has 4 heteroatoms. The summed E-state index contributed by atoms with van der Waals surface area (Å²) in [5, 5.41) is 8.29. The topological polar surface area (TPSA) is 43.6 Å². The summed E-state index contributed by atoms with van der Waals surface area (Å²) in [5.74, 6) is 6.68. The van der Waals surface area contributed by atoms with E-state index < -0.39 is 0 Å². The number of hydrogen-bond acceptors (Lipinski definition) is 3. The second-order valence-corrected chi connectivity index (χ2v) is 4.15. The van der Waals surface area contributed by atoms with Gasteiger partial charge in [0.1, 0.15) is 5.69 Å². The Balaban J connectivity index is 1.66. The zero-order valence-corrected chi connectivity index (χ0v) is 9.37. The highest BCUT2D eigenvalue weighted by Crippen LogP contribution is 2.38. The van der Waals surface area contributed by atoms with E-state index in [-0.39, 0.29) is 0 Å². The molecule has 0 radical (unpaired) electrons. The number of hydrogen-bond donors (Lipinski definition) is 0. The Morgan fingerprint density at radius 3 is 2.88 bits per heavy atom. The van der Waals surface area contributed by atoms with Crippen molar-refractivity contribution in [3.63, 3.8) is 0 Å². The van der Waals surface area contributed by atoms with Gasteiger partial charge in [0.05, 0.1) is 18.6 Å². The van der Waals surface area contributed by atoms with E-state index in [4.69, 9.17) is 0 Å². The Labute approximate surface area is 99.7 Å². The fraction of sp³-hybridized carbons (Fsp3) is 0.308. The van der Waals surface area contributed by atoms with Gasteiger partial charge in [-0.25, -0.2) is 4.98 Å². The second kappa shape index (κ2) is 4.38. The van der Waals surface area contributed by atoms with E-state index in [2.05, 4.69) is 27.0 Å². The van der Waals surface area contributed by atoms with Gasteiger partial charge in [0.2, 0.25) is 0 Å². The lowest BCUT2D eigenvalue weighted by atomic mass is 10.2. The van der Waals surface area contributed by atoms with Crippen LogP contribution in [0.15, 0.2) is 30.9 Å². The van der Waals surface area contributed by atoms with Gasteiger partial charge in [-0.3, -0.25) is 0 Å². The third kappa shape index (κ3) is 2.51. The first-order valence-corrected chi connectivity index (χ1v) is 5.70. The molecule has 0 saturated heterocycles. The SMILES string of the molecule is C(#Cc1ccc(C2CC2)nn1)Cn1ccnc1. The molecular formula is C13H12N4. The summed E-state index contributed by atoms with van der Waals surface area (Å²) in [4.78, 5) is 3.95. The molecule has 17 heavy (non-hydrogen) atoms. The van der Waals surface area contributed by atoms with Crippen molar-refractivity contribution in [2.45, 2.75) is 25.3 Å². The second-order valence-electron chi connectivity index (χ2n) is 4.15. The van der Waals surface area contributed by atoms with Crippen molar-refractivity contribution in [3.8, 4) is 11.8 Å². The van der Waals surface area contributed by atoms with Crippen molar-refractivity contribution < 1.29 is 0 Å². The highest BCUT2D eigenvalue weighted by molar-refractivity contribution is 5.28. The average Bonchev–Trinajstić information content (AvgIpc) is 3.08. The number of nitrogens with zero attached hydrogens (tertiary/aromatic N) is 4. The van der Waals surface area contributed by atoms with Gasteiger partial charge in [0.25, 0.3) is 0 Å². The summed E-state index contributed by atoms with van der Waals surface area (Å²) in [6.45, 7) is 0.631. The van der Waals surface area contributed by atoms with Crippen molar-refractivity contribution in [3.05, 3.63) is 42.2 Å². The Morgan fingerprint density at radius 1 is 1.29 bits per heavy atom. The lowest BCUT2D eigenvalue weighted by molar-refractivity contribution is 0.839. The van der Waals surface area contributed by atoms with E-state index in [1.165, 1.54) is 12.8 Å². The molecular weight excluding hydrogens is 212 g/mol. The molecule has 84 valence electrons. The van der Waals surface area contributed by atoms with Crippen molar-refractivity contribution >= 4 is 0 Å². The molecule has 2 aromatic heterocycles. The van der Waals surface area contributed by atoms with Crippen LogP contribution in [0.2, 0.25) is 0 Å². The molecule has 3 rings (SSSR count). The zero-order chi connectivity index (χ0) is 11.5. The summed E-state index contributed by atoms with van der Waals surface area (Å²) >= 11 is 0. The number of aromatic nitrogens is 4. The first kappa shape index (κ1) is 10.0. The predicted octanol–water partition coefficient (Wildman–Crippen LogP) is 1.60. The van der Waals surface area contributed by atoms with E-state index in [1.807, 2.05) is 22.9 Å². The smallest absolute Gasteiger partial charge is 0.135 e. The average molecular weight is 224 g/mol. The molecule has 2 aromatic rings. The highest BCUT2D eigenvalue weighted by Gasteiger charge is 2.24. The van der Waals surface area contributed by atoms with Crippen LogP contribution >= 0.6 is 0 Å². The lowest BCUT2D eigenvalue weighted by Gasteiger charge is -1.94. The van der Waals surface area contributed by atoms with Gasteiger partial charge in [0.15, 0.2) is 0 Å². The predicted molar refractivity (Wildman–Crippen MR) is 63.1 cm³/mol. The molecule has 1 aliphatic rings. The van der Waals surface area contributed by atoms with Crippen LogP contribution < -0.4 is 0 Å². The zero-order valence-electron chi connectivity index (χ0n) is 9.37. The normalized spacial score (nSPS) is 14.1. The summed E-state index contributed by atoms with van der Waals surface area (Å²) < 4.78 is 1.92. The molecule has 0 aromatic carbocycles. The Morgan fingerprint density at radius 2 is 2.24 bits per heavy atom. The molecule has 0 atom stereocenters. The highest BCUT2D eigenvalue weighted by atomic mass is 15.1. The van der Waals surface area contributed by atoms with Crippen LogP contribution in [0.25, 0.3) is 0 Å². The minimum absolute atomic E-state index is 0.631. The monoisotopic (exact) mass is 224 g/mol. The summed E-state index contributed by atoms with van der Waals surface area (Å²) in [6.07, 6.45) is 7.87. The molecule has 2 heterocycles. The quantitative estimate of drug-likeness (QED) is 0.728. The maximum atomic E-state index is 4.18. The van der Waals surface area contributed by atoms with Gasteiger partial charge in [-0.05, 0) is 30.9 Å². The minimum Gasteiger partial charge on any atom is -0.326 e. The molecule has 0 aliphatic heterocycles.